The van der Waals surface area contributed by atoms with Crippen LogP contribution in [0.2, 0.25) is 0 Å². The third kappa shape index (κ3) is 4.01. The summed E-state index contributed by atoms with van der Waals surface area (Å²) in [4.78, 5) is 26.4. The van der Waals surface area contributed by atoms with Crippen molar-refractivity contribution in [3.8, 4) is 0 Å². The van der Waals surface area contributed by atoms with Gasteiger partial charge in [-0.25, -0.2) is 15.0 Å². The summed E-state index contributed by atoms with van der Waals surface area (Å²) >= 11 is 0. The van der Waals surface area contributed by atoms with Gasteiger partial charge in [0.05, 0.1) is 5.69 Å². The number of rotatable bonds is 3. The summed E-state index contributed by atoms with van der Waals surface area (Å²) in [7, 11) is 3.59. The Hall–Kier alpha value is -2.71. The molecule has 1 aliphatic rings. The van der Waals surface area contributed by atoms with Crippen molar-refractivity contribution in [1.29, 1.82) is 0 Å². The van der Waals surface area contributed by atoms with Gasteiger partial charge < -0.3 is 10.2 Å². The first-order valence-corrected chi connectivity index (χ1v) is 8.53. The zero-order valence-electron chi connectivity index (χ0n) is 15.3. The Bertz CT molecular complexity index is 867. The Labute approximate surface area is 154 Å². The Morgan fingerprint density at radius 3 is 2.70 bits per heavy atom. The highest BCUT2D eigenvalue weighted by Gasteiger charge is 2.40. The smallest absolute Gasteiger partial charge is 0.361 e. The quantitative estimate of drug-likeness (QED) is 0.888. The average Bonchev–Trinajstić information content (AvgIpc) is 2.60. The monoisotopic (exact) mass is 379 g/mol. The third-order valence-electron chi connectivity index (χ3n) is 4.49. The van der Waals surface area contributed by atoms with Crippen molar-refractivity contribution in [3.05, 3.63) is 41.1 Å². The van der Waals surface area contributed by atoms with Gasteiger partial charge in [-0.3, -0.25) is 4.79 Å². The van der Waals surface area contributed by atoms with Gasteiger partial charge in [-0.2, -0.15) is 13.2 Å². The number of anilines is 2. The number of carbonyl (C=O) groups is 1. The predicted octanol–water partition coefficient (Wildman–Crippen LogP) is 3.01. The van der Waals surface area contributed by atoms with Crippen LogP contribution in [0.1, 0.15) is 29.2 Å². The largest absolute Gasteiger partial charge is 0.433 e. The van der Waals surface area contributed by atoms with Crippen molar-refractivity contribution in [2.24, 2.45) is 5.92 Å². The van der Waals surface area contributed by atoms with Crippen molar-refractivity contribution >= 4 is 17.4 Å². The molecule has 1 unspecified atom stereocenters. The van der Waals surface area contributed by atoms with E-state index in [0.717, 1.165) is 0 Å². The van der Waals surface area contributed by atoms with Crippen molar-refractivity contribution in [2.45, 2.75) is 32.4 Å². The number of amides is 1. The fraction of sp³-hybridized carbons (Fsp3) is 0.444. The molecule has 9 heteroatoms. The van der Waals surface area contributed by atoms with E-state index in [1.807, 2.05) is 0 Å². The van der Waals surface area contributed by atoms with Crippen LogP contribution in [-0.2, 0) is 23.8 Å². The van der Waals surface area contributed by atoms with Gasteiger partial charge in [0.25, 0.3) is 0 Å². The molecule has 0 saturated carbocycles. The Balaban J connectivity index is 1.85. The number of aryl methyl sites for hydroxylation is 2. The van der Waals surface area contributed by atoms with E-state index in [4.69, 9.17) is 0 Å². The summed E-state index contributed by atoms with van der Waals surface area (Å²) in [5, 5.41) is 2.80. The first kappa shape index (κ1) is 19.1. The zero-order chi connectivity index (χ0) is 19.8. The van der Waals surface area contributed by atoms with Crippen LogP contribution in [0.25, 0.3) is 0 Å². The second kappa shape index (κ2) is 7.13. The number of carbonyl (C=O) groups excluding carboxylic acids is 1. The number of halogens is 3. The maximum atomic E-state index is 13.4. The molecule has 1 N–H and O–H groups in total. The topological polar surface area (TPSA) is 71.0 Å². The second-order valence-electron chi connectivity index (χ2n) is 6.74. The molecule has 0 aromatic carbocycles. The number of alkyl halides is 3. The van der Waals surface area contributed by atoms with Gasteiger partial charge in [-0.15, -0.1) is 0 Å². The van der Waals surface area contributed by atoms with Crippen molar-refractivity contribution < 1.29 is 18.0 Å². The molecule has 27 heavy (non-hydrogen) atoms. The SMILES string of the molecule is Cc1nc2c(c(C(F)(F)F)n1)CC(C(=O)Nc1cccnc1N(C)C)CC2. The van der Waals surface area contributed by atoms with Crippen LogP contribution >= 0.6 is 0 Å². The van der Waals surface area contributed by atoms with Crippen LogP contribution in [0.15, 0.2) is 18.3 Å². The average molecular weight is 379 g/mol. The van der Waals surface area contributed by atoms with E-state index >= 15 is 0 Å². The molecule has 3 rings (SSSR count). The lowest BCUT2D eigenvalue weighted by atomic mass is 9.85. The molecular weight excluding hydrogens is 359 g/mol. The summed E-state index contributed by atoms with van der Waals surface area (Å²) in [6.07, 6.45) is -2.25. The van der Waals surface area contributed by atoms with Crippen molar-refractivity contribution in [2.75, 3.05) is 24.3 Å². The minimum absolute atomic E-state index is 0.0264. The highest BCUT2D eigenvalue weighted by Crippen LogP contribution is 2.36. The van der Waals surface area contributed by atoms with E-state index in [1.54, 1.807) is 37.3 Å². The molecule has 1 aliphatic carbocycles. The third-order valence-corrected chi connectivity index (χ3v) is 4.49. The predicted molar refractivity (Wildman–Crippen MR) is 94.5 cm³/mol. The number of nitrogens with one attached hydrogen (secondary N) is 1. The highest BCUT2D eigenvalue weighted by molar-refractivity contribution is 5.95. The minimum Gasteiger partial charge on any atom is -0.361 e. The summed E-state index contributed by atoms with van der Waals surface area (Å²) in [5.74, 6) is -0.238. The van der Waals surface area contributed by atoms with Crippen LogP contribution in [0.5, 0.6) is 0 Å². The Kier molecular flexibility index (Phi) is 5.03. The molecule has 144 valence electrons. The van der Waals surface area contributed by atoms with Gasteiger partial charge in [-0.1, -0.05) is 0 Å². The number of pyridine rings is 1. The van der Waals surface area contributed by atoms with Gasteiger partial charge >= 0.3 is 6.18 Å². The van der Waals surface area contributed by atoms with E-state index in [-0.39, 0.29) is 23.7 Å². The molecule has 0 saturated heterocycles. The number of hydrogen-bond donors (Lipinski definition) is 1. The fourth-order valence-corrected chi connectivity index (χ4v) is 3.28. The van der Waals surface area contributed by atoms with Crippen LogP contribution in [0.4, 0.5) is 24.7 Å². The lowest BCUT2D eigenvalue weighted by Gasteiger charge is -2.26. The molecule has 2 aromatic heterocycles. The lowest BCUT2D eigenvalue weighted by Crippen LogP contribution is -2.31. The maximum absolute atomic E-state index is 13.4. The molecule has 0 fully saturated rings. The minimum atomic E-state index is -4.57. The maximum Gasteiger partial charge on any atom is 0.433 e. The zero-order valence-corrected chi connectivity index (χ0v) is 15.3. The number of nitrogens with zero attached hydrogens (tertiary/aromatic N) is 4. The molecular formula is C18H20F3N5O. The van der Waals surface area contributed by atoms with Gasteiger partial charge in [0.2, 0.25) is 5.91 Å². The molecule has 0 aliphatic heterocycles. The number of aromatic nitrogens is 3. The molecule has 6 nitrogen and oxygen atoms in total. The van der Waals surface area contributed by atoms with E-state index < -0.39 is 17.8 Å². The van der Waals surface area contributed by atoms with Gasteiger partial charge in [0.1, 0.15) is 5.82 Å². The molecule has 0 radical (unpaired) electrons. The summed E-state index contributed by atoms with van der Waals surface area (Å²) in [6.45, 7) is 1.44. The van der Waals surface area contributed by atoms with Gasteiger partial charge in [0, 0.05) is 37.5 Å². The van der Waals surface area contributed by atoms with Crippen molar-refractivity contribution in [3.63, 3.8) is 0 Å². The molecule has 1 atom stereocenters. The molecule has 0 spiro atoms. The summed E-state index contributed by atoms with van der Waals surface area (Å²) < 4.78 is 40.1. The second-order valence-corrected chi connectivity index (χ2v) is 6.74. The van der Waals surface area contributed by atoms with Gasteiger partial charge in [-0.05, 0) is 38.3 Å². The molecule has 2 heterocycles. The van der Waals surface area contributed by atoms with Crippen molar-refractivity contribution in [1.82, 2.24) is 15.0 Å². The van der Waals surface area contributed by atoms with E-state index in [2.05, 4.69) is 20.3 Å². The molecule has 0 bridgehead atoms. The highest BCUT2D eigenvalue weighted by atomic mass is 19.4. The Morgan fingerprint density at radius 2 is 2.04 bits per heavy atom. The summed E-state index contributed by atoms with van der Waals surface area (Å²) in [6, 6.07) is 3.40. The Morgan fingerprint density at radius 1 is 1.30 bits per heavy atom. The van der Waals surface area contributed by atoms with Crippen LogP contribution in [0.3, 0.4) is 0 Å². The number of fused-ring (bicyclic) bond motifs is 1. The van der Waals surface area contributed by atoms with Gasteiger partial charge in [0.15, 0.2) is 11.5 Å². The van der Waals surface area contributed by atoms with Crippen LogP contribution in [0, 0.1) is 12.8 Å². The van der Waals surface area contributed by atoms with E-state index in [9.17, 15) is 18.0 Å². The first-order valence-electron chi connectivity index (χ1n) is 8.53. The summed E-state index contributed by atoms with van der Waals surface area (Å²) in [5.41, 5.74) is 0.000101. The fourth-order valence-electron chi connectivity index (χ4n) is 3.28. The van der Waals surface area contributed by atoms with Crippen LogP contribution in [-0.4, -0.2) is 35.0 Å². The number of hydrogen-bond acceptors (Lipinski definition) is 5. The normalized spacial score (nSPS) is 16.6. The van der Waals surface area contributed by atoms with E-state index in [1.165, 1.54) is 6.92 Å². The molecule has 1 amide bonds. The lowest BCUT2D eigenvalue weighted by molar-refractivity contribution is -0.142. The molecule has 2 aromatic rings. The van der Waals surface area contributed by atoms with Crippen LogP contribution < -0.4 is 10.2 Å². The van der Waals surface area contributed by atoms with E-state index in [0.29, 0.717) is 30.0 Å². The standard InChI is InChI=1S/C18H20F3N5O/c1-10-23-13-7-6-11(9-12(13)15(24-10)18(19,20)21)17(27)25-14-5-4-8-22-16(14)26(2)3/h4-5,8,11H,6-7,9H2,1-3H3,(H,25,27). The first-order chi connectivity index (χ1) is 12.7.